The molecule has 0 aromatic heterocycles. The van der Waals surface area contributed by atoms with E-state index in [4.69, 9.17) is 0 Å². The van der Waals surface area contributed by atoms with E-state index >= 15 is 0 Å². The van der Waals surface area contributed by atoms with E-state index in [1.165, 1.54) is 4.31 Å². The fourth-order valence-corrected chi connectivity index (χ4v) is 6.95. The van der Waals surface area contributed by atoms with Crippen molar-refractivity contribution in [1.29, 1.82) is 0 Å². The van der Waals surface area contributed by atoms with E-state index in [-0.39, 0.29) is 22.5 Å². The smallest absolute Gasteiger partial charge is 0.264 e. The Kier molecular flexibility index (Phi) is 8.26. The summed E-state index contributed by atoms with van der Waals surface area (Å²) in [7, 11) is -3.86. The van der Waals surface area contributed by atoms with Gasteiger partial charge in [-0.05, 0) is 67.0 Å². The highest BCUT2D eigenvalue weighted by Crippen LogP contribution is 2.33. The number of Topliss-reactive ketones (excluding diaryl/α,β-unsaturated/α-hetero) is 1. The van der Waals surface area contributed by atoms with Gasteiger partial charge >= 0.3 is 0 Å². The second-order valence-corrected chi connectivity index (χ2v) is 12.6. The lowest BCUT2D eigenvalue weighted by molar-refractivity contribution is -0.130. The van der Waals surface area contributed by atoms with Gasteiger partial charge < -0.3 is 9.80 Å². The molecule has 1 fully saturated rings. The number of piperidine rings is 1. The molecule has 4 rings (SSSR count). The molecule has 0 unspecified atom stereocenters. The zero-order valence-electron chi connectivity index (χ0n) is 22.4. The molecule has 2 aromatic carbocycles. The van der Waals surface area contributed by atoms with Gasteiger partial charge in [0, 0.05) is 57.3 Å². The molecule has 0 aliphatic carbocycles. The van der Waals surface area contributed by atoms with Gasteiger partial charge in [-0.1, -0.05) is 32.9 Å². The third-order valence-electron chi connectivity index (χ3n) is 7.51. The van der Waals surface area contributed by atoms with Crippen LogP contribution in [0.15, 0.2) is 47.4 Å². The molecule has 2 aliphatic rings. The number of nitrogens with zero attached hydrogens (tertiary/aromatic N) is 3. The number of hydrogen-bond donors (Lipinski definition) is 0. The summed E-state index contributed by atoms with van der Waals surface area (Å²) in [6.07, 6.45) is 3.13. The topological polar surface area (TPSA) is 78.0 Å². The average molecular weight is 526 g/mol. The monoisotopic (exact) mass is 525 g/mol. The molecule has 8 heteroatoms. The van der Waals surface area contributed by atoms with Gasteiger partial charge in [0.15, 0.2) is 5.78 Å². The number of ketones is 1. The molecule has 1 amide bonds. The van der Waals surface area contributed by atoms with Crippen molar-refractivity contribution in [3.8, 4) is 0 Å². The summed E-state index contributed by atoms with van der Waals surface area (Å²) in [4.78, 5) is 28.8. The number of fused-ring (bicyclic) bond motifs is 1. The number of carbonyl (C=O) groups excluding carboxylic acids is 2. The Bertz CT molecular complexity index is 1230. The van der Waals surface area contributed by atoms with E-state index < -0.39 is 10.0 Å². The number of aryl methyl sites for hydroxylation is 1. The Labute approximate surface area is 221 Å². The Hall–Kier alpha value is -2.87. The zero-order chi connectivity index (χ0) is 26.7. The van der Waals surface area contributed by atoms with Crippen LogP contribution in [-0.2, 0) is 21.2 Å². The van der Waals surface area contributed by atoms with E-state index in [9.17, 15) is 18.0 Å². The van der Waals surface area contributed by atoms with Crippen LogP contribution in [0.5, 0.6) is 0 Å². The van der Waals surface area contributed by atoms with Crippen molar-refractivity contribution < 1.29 is 18.0 Å². The molecule has 0 spiro atoms. The first-order chi connectivity index (χ1) is 17.6. The number of hydrogen-bond acceptors (Lipinski definition) is 5. The number of rotatable bonds is 8. The molecule has 2 heterocycles. The summed E-state index contributed by atoms with van der Waals surface area (Å²) in [6.45, 7) is 11.0. The Balaban J connectivity index is 1.60. The molecule has 2 aliphatic heterocycles. The van der Waals surface area contributed by atoms with E-state index in [0.29, 0.717) is 36.7 Å². The molecule has 7 nitrogen and oxygen atoms in total. The van der Waals surface area contributed by atoms with Crippen molar-refractivity contribution in [2.45, 2.75) is 58.3 Å². The van der Waals surface area contributed by atoms with E-state index in [1.54, 1.807) is 25.1 Å². The van der Waals surface area contributed by atoms with Crippen molar-refractivity contribution in [3.63, 3.8) is 0 Å². The van der Waals surface area contributed by atoms with E-state index in [2.05, 4.69) is 11.8 Å². The van der Waals surface area contributed by atoms with Crippen LogP contribution in [-0.4, -0.2) is 57.7 Å². The summed E-state index contributed by atoms with van der Waals surface area (Å²) >= 11 is 0. The molecule has 0 atom stereocenters. The number of anilines is 2. The van der Waals surface area contributed by atoms with E-state index in [1.807, 2.05) is 43.0 Å². The maximum atomic E-state index is 13.9. The number of carbonyl (C=O) groups is 2. The standard InChI is InChI=1S/C29H39N3O4S/c1-5-23-6-8-25(9-7-23)32(19-21(2)3)37(35,36)26-10-11-28-27(18-26)29(34)14-17-31(28)20-24-12-15-30(16-13-24)22(4)33/h6-11,18,21,24H,5,12-17,19-20H2,1-4H3. The van der Waals surface area contributed by atoms with Crippen LogP contribution in [0, 0.1) is 11.8 Å². The second-order valence-electron chi connectivity index (χ2n) is 10.7. The van der Waals surface area contributed by atoms with Gasteiger partial charge in [-0.2, -0.15) is 0 Å². The molecule has 0 bridgehead atoms. The maximum Gasteiger partial charge on any atom is 0.264 e. The lowest BCUT2D eigenvalue weighted by Crippen LogP contribution is -2.42. The molecule has 0 radical (unpaired) electrons. The summed E-state index contributed by atoms with van der Waals surface area (Å²) < 4.78 is 29.2. The third-order valence-corrected chi connectivity index (χ3v) is 9.30. The number of sulfonamides is 1. The van der Waals surface area contributed by atoms with Gasteiger partial charge in [0.25, 0.3) is 10.0 Å². The molecular formula is C29H39N3O4S. The Morgan fingerprint density at radius 2 is 1.73 bits per heavy atom. The zero-order valence-corrected chi connectivity index (χ0v) is 23.3. The fourth-order valence-electron chi connectivity index (χ4n) is 5.30. The van der Waals surface area contributed by atoms with Crippen LogP contribution in [0.1, 0.15) is 62.9 Å². The molecular weight excluding hydrogens is 486 g/mol. The lowest BCUT2D eigenvalue weighted by atomic mass is 9.93. The fraction of sp³-hybridized carbons (Fsp3) is 0.517. The number of likely N-dealkylation sites (tertiary alicyclic amines) is 1. The minimum Gasteiger partial charge on any atom is -0.370 e. The van der Waals surface area contributed by atoms with Crippen molar-refractivity contribution in [2.24, 2.45) is 11.8 Å². The number of benzene rings is 2. The van der Waals surface area contributed by atoms with Gasteiger partial charge in [-0.3, -0.25) is 13.9 Å². The van der Waals surface area contributed by atoms with Crippen molar-refractivity contribution in [3.05, 3.63) is 53.6 Å². The summed E-state index contributed by atoms with van der Waals surface area (Å²) in [5.41, 5.74) is 3.08. The summed E-state index contributed by atoms with van der Waals surface area (Å²) in [5, 5.41) is 0. The van der Waals surface area contributed by atoms with Gasteiger partial charge in [0.1, 0.15) is 0 Å². The van der Waals surface area contributed by atoms with Crippen LogP contribution in [0.2, 0.25) is 0 Å². The first-order valence-corrected chi connectivity index (χ1v) is 14.8. The maximum absolute atomic E-state index is 13.9. The average Bonchev–Trinajstić information content (AvgIpc) is 2.89. The third kappa shape index (κ3) is 6.00. The Morgan fingerprint density at radius 3 is 2.32 bits per heavy atom. The Morgan fingerprint density at radius 1 is 1.05 bits per heavy atom. The second kappa shape index (κ2) is 11.3. The molecule has 0 saturated carbocycles. The number of amides is 1. The summed E-state index contributed by atoms with van der Waals surface area (Å²) in [6, 6.07) is 12.7. The van der Waals surface area contributed by atoms with E-state index in [0.717, 1.165) is 50.1 Å². The quantitative estimate of drug-likeness (QED) is 0.497. The normalized spacial score (nSPS) is 16.7. The largest absolute Gasteiger partial charge is 0.370 e. The summed E-state index contributed by atoms with van der Waals surface area (Å²) in [5.74, 6) is 0.670. The van der Waals surface area contributed by atoms with Crippen LogP contribution in [0.4, 0.5) is 11.4 Å². The lowest BCUT2D eigenvalue weighted by Gasteiger charge is -2.37. The predicted molar refractivity (Wildman–Crippen MR) is 148 cm³/mol. The highest BCUT2D eigenvalue weighted by Gasteiger charge is 2.31. The van der Waals surface area contributed by atoms with Crippen molar-refractivity contribution in [2.75, 3.05) is 41.9 Å². The van der Waals surface area contributed by atoms with Crippen LogP contribution in [0.3, 0.4) is 0 Å². The first-order valence-electron chi connectivity index (χ1n) is 13.4. The molecule has 1 saturated heterocycles. The minimum atomic E-state index is -3.86. The van der Waals surface area contributed by atoms with Crippen molar-refractivity contribution >= 4 is 33.1 Å². The predicted octanol–water partition coefficient (Wildman–Crippen LogP) is 4.75. The van der Waals surface area contributed by atoms with Crippen molar-refractivity contribution in [1.82, 2.24) is 4.90 Å². The van der Waals surface area contributed by atoms with Gasteiger partial charge in [-0.15, -0.1) is 0 Å². The SMILES string of the molecule is CCc1ccc(N(CC(C)C)S(=O)(=O)c2ccc3c(c2)C(=O)CCN3CC2CCN(C(C)=O)CC2)cc1. The molecule has 37 heavy (non-hydrogen) atoms. The van der Waals surface area contributed by atoms with Gasteiger partial charge in [0.2, 0.25) is 5.91 Å². The van der Waals surface area contributed by atoms with Gasteiger partial charge in [-0.25, -0.2) is 8.42 Å². The van der Waals surface area contributed by atoms with Crippen LogP contribution < -0.4 is 9.21 Å². The highest BCUT2D eigenvalue weighted by atomic mass is 32.2. The van der Waals surface area contributed by atoms with Crippen LogP contribution >= 0.6 is 0 Å². The first kappa shape index (κ1) is 27.2. The van der Waals surface area contributed by atoms with Gasteiger partial charge in [0.05, 0.1) is 10.6 Å². The molecule has 2 aromatic rings. The highest BCUT2D eigenvalue weighted by molar-refractivity contribution is 7.92. The van der Waals surface area contributed by atoms with Crippen LogP contribution in [0.25, 0.3) is 0 Å². The molecule has 0 N–H and O–H groups in total. The minimum absolute atomic E-state index is 0.0163. The molecule has 200 valence electrons.